The van der Waals surface area contributed by atoms with Gasteiger partial charge < -0.3 is 10.1 Å². The Kier molecular flexibility index (Phi) is 5.90. The van der Waals surface area contributed by atoms with Crippen LogP contribution in [0, 0.1) is 0 Å². The summed E-state index contributed by atoms with van der Waals surface area (Å²) in [6.45, 7) is 15.3. The lowest BCUT2D eigenvalue weighted by Gasteiger charge is -2.37. The average molecular weight is 242 g/mol. The van der Waals surface area contributed by atoms with Crippen LogP contribution >= 0.6 is 0 Å². The van der Waals surface area contributed by atoms with Crippen molar-refractivity contribution in [2.24, 2.45) is 0 Å². The van der Waals surface area contributed by atoms with Gasteiger partial charge in [0.25, 0.3) is 0 Å². The van der Waals surface area contributed by atoms with Gasteiger partial charge in [-0.25, -0.2) is 0 Å². The van der Waals surface area contributed by atoms with Gasteiger partial charge >= 0.3 is 0 Å². The molecule has 0 spiro atoms. The van der Waals surface area contributed by atoms with E-state index in [1.807, 2.05) is 0 Å². The zero-order chi connectivity index (χ0) is 12.9. The Morgan fingerprint density at radius 1 is 1.41 bits per heavy atom. The van der Waals surface area contributed by atoms with Crippen LogP contribution in [0.15, 0.2) is 0 Å². The monoisotopic (exact) mass is 242 g/mol. The van der Waals surface area contributed by atoms with Crippen LogP contribution in [-0.2, 0) is 4.74 Å². The first-order valence-corrected chi connectivity index (χ1v) is 7.05. The Morgan fingerprint density at radius 2 is 2.12 bits per heavy atom. The van der Waals surface area contributed by atoms with E-state index < -0.39 is 0 Å². The third-order valence-electron chi connectivity index (χ3n) is 3.58. The quantitative estimate of drug-likeness (QED) is 0.773. The second-order valence-electron chi connectivity index (χ2n) is 6.10. The van der Waals surface area contributed by atoms with Gasteiger partial charge in [-0.3, -0.25) is 4.90 Å². The molecule has 102 valence electrons. The van der Waals surface area contributed by atoms with Crippen molar-refractivity contribution >= 4 is 0 Å². The fourth-order valence-electron chi connectivity index (χ4n) is 2.44. The number of hydrogen-bond acceptors (Lipinski definition) is 3. The van der Waals surface area contributed by atoms with Crippen LogP contribution in [-0.4, -0.2) is 48.8 Å². The van der Waals surface area contributed by atoms with Gasteiger partial charge in [-0.2, -0.15) is 0 Å². The number of hydrogen-bond donors (Lipinski definition) is 1. The summed E-state index contributed by atoms with van der Waals surface area (Å²) < 4.78 is 5.83. The van der Waals surface area contributed by atoms with Crippen LogP contribution in [0.25, 0.3) is 0 Å². The van der Waals surface area contributed by atoms with Crippen molar-refractivity contribution in [3.05, 3.63) is 0 Å². The largest absolute Gasteiger partial charge is 0.374 e. The summed E-state index contributed by atoms with van der Waals surface area (Å²) in [6, 6.07) is 0.630. The molecule has 1 saturated heterocycles. The molecule has 0 amide bonds. The highest BCUT2D eigenvalue weighted by molar-refractivity contribution is 4.81. The minimum absolute atomic E-state index is 0.234. The van der Waals surface area contributed by atoms with Crippen molar-refractivity contribution in [1.29, 1.82) is 0 Å². The highest BCUT2D eigenvalue weighted by atomic mass is 16.5. The molecule has 0 saturated carbocycles. The maximum Gasteiger partial charge on any atom is 0.0827 e. The molecular weight excluding hydrogens is 212 g/mol. The lowest BCUT2D eigenvalue weighted by atomic mass is 9.98. The van der Waals surface area contributed by atoms with Crippen LogP contribution < -0.4 is 5.32 Å². The van der Waals surface area contributed by atoms with E-state index in [1.165, 1.54) is 12.8 Å². The van der Waals surface area contributed by atoms with Crippen LogP contribution in [0.5, 0.6) is 0 Å². The normalized spacial score (nSPS) is 23.3. The van der Waals surface area contributed by atoms with E-state index in [1.54, 1.807) is 0 Å². The van der Waals surface area contributed by atoms with E-state index in [9.17, 15) is 0 Å². The van der Waals surface area contributed by atoms with Gasteiger partial charge in [0, 0.05) is 31.2 Å². The summed E-state index contributed by atoms with van der Waals surface area (Å²) in [5.74, 6) is 0. The second-order valence-corrected chi connectivity index (χ2v) is 6.10. The van der Waals surface area contributed by atoms with Crippen LogP contribution in [0.4, 0.5) is 0 Å². The van der Waals surface area contributed by atoms with Crippen molar-refractivity contribution < 1.29 is 4.74 Å². The highest BCUT2D eigenvalue weighted by Crippen LogP contribution is 2.13. The number of morpholine rings is 1. The molecular formula is C14H30N2O. The maximum atomic E-state index is 5.83. The molecule has 0 bridgehead atoms. The predicted octanol–water partition coefficient (Wildman–Crippen LogP) is 2.26. The van der Waals surface area contributed by atoms with Crippen molar-refractivity contribution in [3.63, 3.8) is 0 Å². The molecule has 0 aromatic carbocycles. The molecule has 0 aliphatic carbocycles. The Bertz CT molecular complexity index is 216. The molecule has 0 aromatic rings. The molecule has 3 heteroatoms. The maximum absolute atomic E-state index is 5.83. The first-order chi connectivity index (χ1) is 7.94. The van der Waals surface area contributed by atoms with E-state index in [0.717, 1.165) is 26.2 Å². The minimum Gasteiger partial charge on any atom is -0.374 e. The topological polar surface area (TPSA) is 24.5 Å². The summed E-state index contributed by atoms with van der Waals surface area (Å²) in [6.07, 6.45) is 2.79. The van der Waals surface area contributed by atoms with Crippen molar-refractivity contribution in [2.75, 3.05) is 26.2 Å². The standard InChI is InChI=1S/C14H30N2O/c1-6-7-14(4,5)15-10-13-11-16(12(2)3)8-9-17-13/h12-13,15H,6-11H2,1-5H3. The summed E-state index contributed by atoms with van der Waals surface area (Å²) in [4.78, 5) is 2.50. The lowest BCUT2D eigenvalue weighted by molar-refractivity contribution is -0.0397. The van der Waals surface area contributed by atoms with Gasteiger partial charge in [-0.15, -0.1) is 0 Å². The minimum atomic E-state index is 0.234. The Balaban J connectivity index is 2.31. The number of ether oxygens (including phenoxy) is 1. The van der Waals surface area contributed by atoms with Crippen molar-refractivity contribution in [1.82, 2.24) is 10.2 Å². The van der Waals surface area contributed by atoms with Crippen molar-refractivity contribution in [2.45, 2.75) is 65.1 Å². The van der Waals surface area contributed by atoms with Gasteiger partial charge in [0.15, 0.2) is 0 Å². The molecule has 0 aromatic heterocycles. The van der Waals surface area contributed by atoms with Gasteiger partial charge in [-0.1, -0.05) is 13.3 Å². The summed E-state index contributed by atoms with van der Waals surface area (Å²) in [5.41, 5.74) is 0.234. The first-order valence-electron chi connectivity index (χ1n) is 7.05. The summed E-state index contributed by atoms with van der Waals surface area (Å²) in [5, 5.41) is 3.64. The first kappa shape index (κ1) is 14.9. The number of nitrogens with one attached hydrogen (secondary N) is 1. The van der Waals surface area contributed by atoms with Crippen LogP contribution in [0.3, 0.4) is 0 Å². The van der Waals surface area contributed by atoms with Gasteiger partial charge in [0.1, 0.15) is 0 Å². The molecule has 1 aliphatic heterocycles. The molecule has 1 atom stereocenters. The molecule has 1 N–H and O–H groups in total. The molecule has 3 nitrogen and oxygen atoms in total. The summed E-state index contributed by atoms with van der Waals surface area (Å²) >= 11 is 0. The lowest BCUT2D eigenvalue weighted by Crippen LogP contribution is -2.52. The zero-order valence-corrected chi connectivity index (χ0v) is 12.3. The average Bonchev–Trinajstić information content (AvgIpc) is 2.27. The molecule has 1 unspecified atom stereocenters. The third kappa shape index (κ3) is 5.36. The fourth-order valence-corrected chi connectivity index (χ4v) is 2.44. The molecule has 0 radical (unpaired) electrons. The molecule has 1 rings (SSSR count). The van der Waals surface area contributed by atoms with Crippen LogP contribution in [0.2, 0.25) is 0 Å². The van der Waals surface area contributed by atoms with Crippen molar-refractivity contribution in [3.8, 4) is 0 Å². The molecule has 1 aliphatic rings. The molecule has 17 heavy (non-hydrogen) atoms. The SMILES string of the molecule is CCCC(C)(C)NCC1CN(C(C)C)CCO1. The number of nitrogens with zero attached hydrogens (tertiary/aromatic N) is 1. The Labute approximate surface area is 107 Å². The second kappa shape index (κ2) is 6.72. The predicted molar refractivity (Wildman–Crippen MR) is 73.4 cm³/mol. The molecule has 1 fully saturated rings. The zero-order valence-electron chi connectivity index (χ0n) is 12.3. The molecule has 1 heterocycles. The van der Waals surface area contributed by atoms with Gasteiger partial charge in [0.05, 0.1) is 12.7 Å². The Morgan fingerprint density at radius 3 is 2.71 bits per heavy atom. The summed E-state index contributed by atoms with van der Waals surface area (Å²) in [7, 11) is 0. The van der Waals surface area contributed by atoms with E-state index in [-0.39, 0.29) is 5.54 Å². The Hall–Kier alpha value is -0.120. The smallest absolute Gasteiger partial charge is 0.0827 e. The van der Waals surface area contributed by atoms with E-state index in [0.29, 0.717) is 12.1 Å². The van der Waals surface area contributed by atoms with Gasteiger partial charge in [0.2, 0.25) is 0 Å². The third-order valence-corrected chi connectivity index (χ3v) is 3.58. The van der Waals surface area contributed by atoms with E-state index in [2.05, 4.69) is 44.8 Å². The fraction of sp³-hybridized carbons (Fsp3) is 1.00. The number of rotatable bonds is 6. The van der Waals surface area contributed by atoms with Gasteiger partial charge in [-0.05, 0) is 34.1 Å². The van der Waals surface area contributed by atoms with E-state index in [4.69, 9.17) is 4.74 Å². The van der Waals surface area contributed by atoms with E-state index >= 15 is 0 Å². The highest BCUT2D eigenvalue weighted by Gasteiger charge is 2.24. The van der Waals surface area contributed by atoms with Crippen LogP contribution in [0.1, 0.15) is 47.5 Å².